The molecule has 2 aromatic heterocycles. The van der Waals surface area contributed by atoms with Crippen molar-refractivity contribution in [3.8, 4) is 11.1 Å². The predicted octanol–water partition coefficient (Wildman–Crippen LogP) is 2.95. The minimum absolute atomic E-state index is 0.0881. The molecule has 0 radical (unpaired) electrons. The maximum atomic E-state index is 13.3. The van der Waals surface area contributed by atoms with Gasteiger partial charge in [-0.05, 0) is 37.5 Å². The van der Waals surface area contributed by atoms with Crippen molar-refractivity contribution >= 4 is 16.9 Å². The molecule has 1 aliphatic carbocycles. The van der Waals surface area contributed by atoms with Crippen LogP contribution in [0.3, 0.4) is 0 Å². The van der Waals surface area contributed by atoms with E-state index in [-0.39, 0.29) is 11.9 Å². The van der Waals surface area contributed by atoms with E-state index in [0.29, 0.717) is 12.2 Å². The Morgan fingerprint density at radius 1 is 1.16 bits per heavy atom. The smallest absolute Gasteiger partial charge is 0.273 e. The quantitative estimate of drug-likeness (QED) is 0.784. The Labute approximate surface area is 145 Å². The van der Waals surface area contributed by atoms with Crippen LogP contribution >= 0.6 is 0 Å². The molecule has 1 saturated carbocycles. The molecule has 3 aromatic rings. The summed E-state index contributed by atoms with van der Waals surface area (Å²) in [6.07, 6.45) is 2.93. The molecule has 0 spiro atoms. The van der Waals surface area contributed by atoms with Crippen LogP contribution in [0.5, 0.6) is 0 Å². The number of carbonyl (C=O) groups is 1. The van der Waals surface area contributed by atoms with Crippen molar-refractivity contribution in [3.63, 3.8) is 0 Å². The second-order valence-corrected chi connectivity index (χ2v) is 7.00. The van der Waals surface area contributed by atoms with E-state index in [0.717, 1.165) is 35.0 Å². The fraction of sp³-hybridized carbons (Fsp3) is 0.300. The number of aryl methyl sites for hydroxylation is 1. The molecule has 126 valence electrons. The summed E-state index contributed by atoms with van der Waals surface area (Å²) in [5.41, 5.74) is 5.40. The normalized spacial score (nSPS) is 20.2. The summed E-state index contributed by atoms with van der Waals surface area (Å²) in [6.45, 7) is 2.44. The number of aliphatic hydroxyl groups excluding tert-OH is 1. The lowest BCUT2D eigenvalue weighted by molar-refractivity contribution is -0.0143. The van der Waals surface area contributed by atoms with Gasteiger partial charge in [0.15, 0.2) is 0 Å². The van der Waals surface area contributed by atoms with Crippen LogP contribution in [0.1, 0.15) is 28.9 Å². The molecule has 1 N–H and O–H groups in total. The molecule has 1 unspecified atom stereocenters. The topological polar surface area (TPSA) is 58.4 Å². The van der Waals surface area contributed by atoms with E-state index >= 15 is 0 Å². The van der Waals surface area contributed by atoms with E-state index in [1.165, 1.54) is 5.56 Å². The first-order chi connectivity index (χ1) is 12.1. The fourth-order valence-corrected chi connectivity index (χ4v) is 3.85. The molecule has 1 fully saturated rings. The van der Waals surface area contributed by atoms with E-state index < -0.39 is 6.23 Å². The first-order valence-corrected chi connectivity index (χ1v) is 8.70. The molecule has 25 heavy (non-hydrogen) atoms. The lowest BCUT2D eigenvalue weighted by Crippen LogP contribution is -2.49. The monoisotopic (exact) mass is 333 g/mol. The number of hydrogen-bond donors (Lipinski definition) is 1. The van der Waals surface area contributed by atoms with Gasteiger partial charge in [0, 0.05) is 17.8 Å². The van der Waals surface area contributed by atoms with Crippen molar-refractivity contribution in [2.45, 2.75) is 38.6 Å². The van der Waals surface area contributed by atoms with Gasteiger partial charge >= 0.3 is 0 Å². The third-order valence-corrected chi connectivity index (χ3v) is 5.21. The highest BCUT2D eigenvalue weighted by Gasteiger charge is 2.43. The van der Waals surface area contributed by atoms with Crippen LogP contribution in [-0.4, -0.2) is 37.7 Å². The minimum Gasteiger partial charge on any atom is -0.372 e. The first-order valence-electron chi connectivity index (χ1n) is 8.70. The Bertz CT molecular complexity index is 986. The molecule has 3 heterocycles. The van der Waals surface area contributed by atoms with Crippen LogP contribution in [0.15, 0.2) is 42.6 Å². The molecule has 1 amide bonds. The van der Waals surface area contributed by atoms with Crippen LogP contribution in [0, 0.1) is 6.92 Å². The van der Waals surface area contributed by atoms with Gasteiger partial charge in [0.05, 0.1) is 17.6 Å². The van der Waals surface area contributed by atoms with E-state index in [2.05, 4.69) is 17.1 Å². The van der Waals surface area contributed by atoms with Gasteiger partial charge in [-0.2, -0.15) is 0 Å². The van der Waals surface area contributed by atoms with E-state index in [4.69, 9.17) is 0 Å². The lowest BCUT2D eigenvalue weighted by Gasteiger charge is -2.34. The number of benzene rings is 1. The third-order valence-electron chi connectivity index (χ3n) is 5.21. The molecular formula is C20H19N3O2. The number of fused-ring (bicyclic) bond motifs is 3. The molecular weight excluding hydrogens is 314 g/mol. The van der Waals surface area contributed by atoms with Crippen molar-refractivity contribution in [1.29, 1.82) is 0 Å². The van der Waals surface area contributed by atoms with Gasteiger partial charge in [0.1, 0.15) is 11.9 Å². The van der Waals surface area contributed by atoms with Gasteiger partial charge in [-0.1, -0.05) is 29.8 Å². The van der Waals surface area contributed by atoms with Crippen LogP contribution in [0.2, 0.25) is 0 Å². The Balaban J connectivity index is 1.80. The van der Waals surface area contributed by atoms with Crippen molar-refractivity contribution < 1.29 is 9.90 Å². The Hall–Kier alpha value is -2.66. The molecule has 1 aliphatic heterocycles. The second-order valence-electron chi connectivity index (χ2n) is 7.00. The average Bonchev–Trinajstić information content (AvgIpc) is 3.38. The molecule has 1 aromatic carbocycles. The maximum absolute atomic E-state index is 13.3. The van der Waals surface area contributed by atoms with Crippen molar-refractivity contribution in [1.82, 2.24) is 14.5 Å². The van der Waals surface area contributed by atoms with Crippen molar-refractivity contribution in [3.05, 3.63) is 53.9 Å². The third kappa shape index (κ3) is 2.12. The molecule has 5 heteroatoms. The van der Waals surface area contributed by atoms with E-state index in [1.807, 2.05) is 35.8 Å². The van der Waals surface area contributed by atoms with Crippen LogP contribution < -0.4 is 0 Å². The molecule has 1 atom stereocenters. The summed E-state index contributed by atoms with van der Waals surface area (Å²) in [5.74, 6) is -0.0881. The number of pyridine rings is 1. The highest BCUT2D eigenvalue weighted by atomic mass is 16.3. The summed E-state index contributed by atoms with van der Waals surface area (Å²) in [7, 11) is 0. The molecule has 5 nitrogen and oxygen atoms in total. The van der Waals surface area contributed by atoms with Crippen LogP contribution in [0.4, 0.5) is 0 Å². The summed E-state index contributed by atoms with van der Waals surface area (Å²) in [6, 6.07) is 12.2. The Morgan fingerprint density at radius 3 is 2.64 bits per heavy atom. The summed E-state index contributed by atoms with van der Waals surface area (Å²) >= 11 is 0. The van der Waals surface area contributed by atoms with Crippen molar-refractivity contribution in [2.24, 2.45) is 0 Å². The van der Waals surface area contributed by atoms with Gasteiger partial charge in [-0.15, -0.1) is 0 Å². The number of hydrogen-bond acceptors (Lipinski definition) is 3. The summed E-state index contributed by atoms with van der Waals surface area (Å²) < 4.78 is 1.93. The standard InChI is InChI=1S/C20H19N3O2/c1-12-4-6-13(7-5-12)17-18-15(3-2-10-21-18)22-11-16(24)23(14-8-9-14)20(25)19(17)22/h2-7,10,14,16,24H,8-9,11H2,1H3. The number of aliphatic hydroxyl groups is 1. The highest BCUT2D eigenvalue weighted by molar-refractivity contribution is 6.09. The zero-order chi connectivity index (χ0) is 17.1. The number of amides is 1. The summed E-state index contributed by atoms with van der Waals surface area (Å²) in [5, 5.41) is 10.5. The van der Waals surface area contributed by atoms with Gasteiger partial charge in [-0.3, -0.25) is 9.78 Å². The van der Waals surface area contributed by atoms with Crippen LogP contribution in [0.25, 0.3) is 22.2 Å². The van der Waals surface area contributed by atoms with Crippen LogP contribution in [-0.2, 0) is 6.54 Å². The number of aromatic nitrogens is 2. The Morgan fingerprint density at radius 2 is 1.92 bits per heavy atom. The Kier molecular flexibility index (Phi) is 3.03. The second kappa shape index (κ2) is 5.17. The molecule has 2 aliphatic rings. The predicted molar refractivity (Wildman–Crippen MR) is 95.1 cm³/mol. The molecule has 5 rings (SSSR count). The van der Waals surface area contributed by atoms with Gasteiger partial charge < -0.3 is 14.6 Å². The number of nitrogens with zero attached hydrogens (tertiary/aromatic N) is 3. The summed E-state index contributed by atoms with van der Waals surface area (Å²) in [4.78, 5) is 19.5. The minimum atomic E-state index is -0.769. The largest absolute Gasteiger partial charge is 0.372 e. The van der Waals surface area contributed by atoms with Crippen molar-refractivity contribution in [2.75, 3.05) is 0 Å². The fourth-order valence-electron chi connectivity index (χ4n) is 3.85. The van der Waals surface area contributed by atoms with E-state index in [9.17, 15) is 9.90 Å². The SMILES string of the molecule is Cc1ccc(-c2c3n(c4cccnc24)CC(O)N(C2CC2)C3=O)cc1. The lowest BCUT2D eigenvalue weighted by atomic mass is 10.0. The van der Waals surface area contributed by atoms with Gasteiger partial charge in [0.2, 0.25) is 0 Å². The van der Waals surface area contributed by atoms with E-state index in [1.54, 1.807) is 11.1 Å². The molecule has 0 bridgehead atoms. The number of carbonyl (C=O) groups excluding carboxylic acids is 1. The zero-order valence-corrected chi connectivity index (χ0v) is 14.0. The molecule has 0 saturated heterocycles. The number of rotatable bonds is 2. The first kappa shape index (κ1) is 14.7. The maximum Gasteiger partial charge on any atom is 0.273 e. The zero-order valence-electron chi connectivity index (χ0n) is 14.0. The van der Waals surface area contributed by atoms with Gasteiger partial charge in [0.25, 0.3) is 5.91 Å². The highest BCUT2D eigenvalue weighted by Crippen LogP contribution is 2.40. The van der Waals surface area contributed by atoms with Gasteiger partial charge in [-0.25, -0.2) is 0 Å². The average molecular weight is 333 g/mol.